The molecular formula is C45H75NO8. The van der Waals surface area contributed by atoms with Gasteiger partial charge in [0, 0.05) is 6.42 Å². The Kier molecular flexibility index (Phi) is 31.9. The quantitative estimate of drug-likeness (QED) is 0.0299. The zero-order valence-electron chi connectivity index (χ0n) is 33.4. The number of hydrogen-bond acceptors (Lipinski definition) is 8. The van der Waals surface area contributed by atoms with Gasteiger partial charge in [-0.2, -0.15) is 0 Å². The van der Waals surface area contributed by atoms with Crippen LogP contribution < -0.4 is 5.32 Å². The van der Waals surface area contributed by atoms with Crippen LogP contribution in [0.5, 0.6) is 0 Å². The largest absolute Gasteiger partial charge is 0.394 e. The van der Waals surface area contributed by atoms with Crippen molar-refractivity contribution in [2.45, 2.75) is 179 Å². The van der Waals surface area contributed by atoms with Crippen molar-refractivity contribution in [2.24, 2.45) is 0 Å². The fourth-order valence-electron chi connectivity index (χ4n) is 5.88. The molecule has 308 valence electrons. The van der Waals surface area contributed by atoms with E-state index in [1.54, 1.807) is 6.08 Å². The second-order valence-electron chi connectivity index (χ2n) is 14.0. The third-order valence-corrected chi connectivity index (χ3v) is 9.24. The zero-order chi connectivity index (χ0) is 39.5. The molecule has 0 radical (unpaired) electrons. The van der Waals surface area contributed by atoms with Crippen LogP contribution >= 0.6 is 0 Å². The van der Waals surface area contributed by atoms with Crippen molar-refractivity contribution in [1.82, 2.24) is 5.32 Å². The topological polar surface area (TPSA) is 149 Å². The molecule has 1 fully saturated rings. The summed E-state index contributed by atoms with van der Waals surface area (Å²) in [5.41, 5.74) is 0. The van der Waals surface area contributed by atoms with Crippen molar-refractivity contribution >= 4 is 5.91 Å². The van der Waals surface area contributed by atoms with E-state index in [0.717, 1.165) is 57.8 Å². The van der Waals surface area contributed by atoms with Gasteiger partial charge in [0.25, 0.3) is 0 Å². The maximum absolute atomic E-state index is 12.9. The molecular weight excluding hydrogens is 682 g/mol. The fraction of sp³-hybridized carbons (Fsp3) is 0.667. The maximum atomic E-state index is 12.9. The minimum atomic E-state index is -1.58. The van der Waals surface area contributed by atoms with Gasteiger partial charge < -0.3 is 40.3 Å². The summed E-state index contributed by atoms with van der Waals surface area (Å²) in [5.74, 6) is -0.265. The van der Waals surface area contributed by atoms with Crippen molar-refractivity contribution in [3.05, 3.63) is 85.1 Å². The van der Waals surface area contributed by atoms with E-state index in [9.17, 15) is 30.3 Å². The summed E-state index contributed by atoms with van der Waals surface area (Å²) in [6.07, 6.45) is 40.6. The number of ether oxygens (including phenoxy) is 2. The number of aliphatic hydroxyl groups is 5. The maximum Gasteiger partial charge on any atom is 0.220 e. The molecule has 1 saturated heterocycles. The number of rotatable bonds is 32. The number of hydrogen-bond donors (Lipinski definition) is 6. The van der Waals surface area contributed by atoms with E-state index in [-0.39, 0.29) is 18.9 Å². The molecule has 54 heavy (non-hydrogen) atoms. The number of nitrogens with one attached hydrogen (secondary N) is 1. The van der Waals surface area contributed by atoms with Gasteiger partial charge >= 0.3 is 0 Å². The Hall–Kier alpha value is -2.63. The number of amides is 1. The van der Waals surface area contributed by atoms with E-state index in [0.29, 0.717) is 6.42 Å². The molecule has 0 bridgehead atoms. The number of aliphatic hydroxyl groups excluding tert-OH is 5. The van der Waals surface area contributed by atoms with Crippen molar-refractivity contribution < 1.29 is 39.8 Å². The van der Waals surface area contributed by atoms with Crippen LogP contribution in [-0.4, -0.2) is 87.5 Å². The van der Waals surface area contributed by atoms with E-state index in [1.807, 2.05) is 18.2 Å². The molecule has 6 N–H and O–H groups in total. The molecule has 1 aliphatic rings. The minimum absolute atomic E-state index is 0.216. The van der Waals surface area contributed by atoms with Gasteiger partial charge in [0.2, 0.25) is 5.91 Å². The van der Waals surface area contributed by atoms with E-state index >= 15 is 0 Å². The van der Waals surface area contributed by atoms with Gasteiger partial charge in [0.1, 0.15) is 24.4 Å². The number of allylic oxidation sites excluding steroid dienone is 13. The third-order valence-electron chi connectivity index (χ3n) is 9.24. The average molecular weight is 758 g/mol. The summed E-state index contributed by atoms with van der Waals surface area (Å²) in [6.45, 7) is 3.57. The first kappa shape index (κ1) is 49.4. The van der Waals surface area contributed by atoms with E-state index in [4.69, 9.17) is 9.47 Å². The summed E-state index contributed by atoms with van der Waals surface area (Å²) in [7, 11) is 0. The second kappa shape index (κ2) is 34.8. The smallest absolute Gasteiger partial charge is 0.220 e. The van der Waals surface area contributed by atoms with Gasteiger partial charge in [-0.3, -0.25) is 4.79 Å². The van der Waals surface area contributed by atoms with Crippen LogP contribution in [0.1, 0.15) is 136 Å². The molecule has 7 unspecified atom stereocenters. The summed E-state index contributed by atoms with van der Waals surface area (Å²) in [5, 5.41) is 53.9. The first-order chi connectivity index (χ1) is 26.3. The van der Waals surface area contributed by atoms with Crippen LogP contribution in [0.4, 0.5) is 0 Å². The van der Waals surface area contributed by atoms with Crippen LogP contribution in [-0.2, 0) is 14.3 Å². The lowest BCUT2D eigenvalue weighted by atomic mass is 9.99. The minimum Gasteiger partial charge on any atom is -0.394 e. The molecule has 9 heteroatoms. The summed E-state index contributed by atoms with van der Waals surface area (Å²) in [6, 6.07) is -0.848. The van der Waals surface area contributed by atoms with E-state index < -0.39 is 49.5 Å². The molecule has 0 aliphatic carbocycles. The fourth-order valence-corrected chi connectivity index (χ4v) is 5.88. The van der Waals surface area contributed by atoms with Crippen molar-refractivity contribution in [1.29, 1.82) is 0 Å². The Bertz CT molecular complexity index is 1110. The first-order valence-electron chi connectivity index (χ1n) is 20.8. The van der Waals surface area contributed by atoms with Crippen LogP contribution in [0.3, 0.4) is 0 Å². The first-order valence-corrected chi connectivity index (χ1v) is 20.8. The molecule has 1 heterocycles. The van der Waals surface area contributed by atoms with Crippen molar-refractivity contribution in [3.8, 4) is 0 Å². The molecule has 0 spiro atoms. The zero-order valence-corrected chi connectivity index (χ0v) is 33.4. The van der Waals surface area contributed by atoms with Gasteiger partial charge in [0.15, 0.2) is 6.29 Å². The lowest BCUT2D eigenvalue weighted by Gasteiger charge is -2.40. The highest BCUT2D eigenvalue weighted by Crippen LogP contribution is 2.22. The molecule has 1 amide bonds. The molecule has 0 aromatic heterocycles. The Balaban J connectivity index is 2.48. The average Bonchev–Trinajstić information content (AvgIpc) is 3.17. The second-order valence-corrected chi connectivity index (χ2v) is 14.0. The van der Waals surface area contributed by atoms with E-state index in [2.05, 4.69) is 79.9 Å². The van der Waals surface area contributed by atoms with Gasteiger partial charge in [-0.05, 0) is 57.8 Å². The molecule has 0 saturated carbocycles. The van der Waals surface area contributed by atoms with E-state index in [1.165, 1.54) is 51.4 Å². The van der Waals surface area contributed by atoms with Gasteiger partial charge in [0.05, 0.1) is 25.4 Å². The van der Waals surface area contributed by atoms with Gasteiger partial charge in [-0.1, -0.05) is 157 Å². The predicted molar refractivity (Wildman–Crippen MR) is 221 cm³/mol. The van der Waals surface area contributed by atoms with Crippen LogP contribution in [0.15, 0.2) is 85.1 Å². The lowest BCUT2D eigenvalue weighted by Crippen LogP contribution is -2.60. The molecule has 1 aliphatic heterocycles. The molecule has 0 aromatic carbocycles. The Morgan fingerprint density at radius 3 is 1.67 bits per heavy atom. The Morgan fingerprint density at radius 2 is 1.15 bits per heavy atom. The number of carbonyl (C=O) groups is 1. The summed E-state index contributed by atoms with van der Waals surface area (Å²) in [4.78, 5) is 12.9. The number of unbranched alkanes of at least 4 members (excludes halogenated alkanes) is 10. The van der Waals surface area contributed by atoms with Crippen molar-refractivity contribution in [3.63, 3.8) is 0 Å². The summed E-state index contributed by atoms with van der Waals surface area (Å²) >= 11 is 0. The Labute approximate surface area is 327 Å². The summed E-state index contributed by atoms with van der Waals surface area (Å²) < 4.78 is 11.1. The lowest BCUT2D eigenvalue weighted by molar-refractivity contribution is -0.302. The molecule has 1 rings (SSSR count). The predicted octanol–water partition coefficient (Wildman–Crippen LogP) is 7.99. The van der Waals surface area contributed by atoms with Gasteiger partial charge in [-0.15, -0.1) is 0 Å². The molecule has 0 aromatic rings. The normalized spacial score (nSPS) is 22.4. The molecule has 7 atom stereocenters. The monoisotopic (exact) mass is 758 g/mol. The molecule has 9 nitrogen and oxygen atoms in total. The standard InChI is InChI=1S/C45H75NO8/c1-3-5-7-9-11-13-15-17-18-19-20-21-22-23-25-27-29-31-33-35-41(49)46-38(37-53-45-44(52)43(51)42(50)40(36-47)54-45)39(48)34-32-30-28-26-24-16-14-12-10-8-6-4-2/h5,7,11,13,17-18,20-21,23,25,29,31-32,34,38-40,42-45,47-48,50-52H,3-4,6,8-10,12,14-16,19,22,24,26-28,30,33,35-37H2,1-2H3,(H,46,49)/b7-5-,13-11-,18-17-,21-20-,25-23-,31-29-,34-32+. The third kappa shape index (κ3) is 25.4. The van der Waals surface area contributed by atoms with Crippen LogP contribution in [0.2, 0.25) is 0 Å². The van der Waals surface area contributed by atoms with Crippen molar-refractivity contribution in [2.75, 3.05) is 13.2 Å². The Morgan fingerprint density at radius 1 is 0.648 bits per heavy atom. The SMILES string of the molecule is CC/C=C\C/C=C\C/C=C\C/C=C\C/C=C\C/C=C\CCC(=O)NC(COC1OC(CO)C(O)C(O)C1O)C(O)/C=C/CCCCCCCCCCCC. The van der Waals surface area contributed by atoms with Crippen LogP contribution in [0, 0.1) is 0 Å². The highest BCUT2D eigenvalue weighted by Gasteiger charge is 2.44. The highest BCUT2D eigenvalue weighted by atomic mass is 16.7. The highest BCUT2D eigenvalue weighted by molar-refractivity contribution is 5.76. The number of carbonyl (C=O) groups excluding carboxylic acids is 1. The van der Waals surface area contributed by atoms with Crippen LogP contribution in [0.25, 0.3) is 0 Å². The van der Waals surface area contributed by atoms with Gasteiger partial charge in [-0.25, -0.2) is 0 Å².